The monoisotopic (exact) mass is 311 g/mol. The third-order valence-electron chi connectivity index (χ3n) is 2.28. The molecule has 1 aromatic carbocycles. The number of hydrogen-bond donors (Lipinski definition) is 0. The lowest BCUT2D eigenvalue weighted by Gasteiger charge is -2.08. The number of rotatable bonds is 3. The third kappa shape index (κ3) is 2.79. The maximum atomic E-state index is 11.9. The molecule has 0 saturated carbocycles. The number of nitrogens with zero attached hydrogens (tertiary/aromatic N) is 1. The van der Waals surface area contributed by atoms with Crippen LogP contribution in [-0.2, 0) is 4.79 Å². The Morgan fingerprint density at radius 1 is 1.24 bits per heavy atom. The van der Waals surface area contributed by atoms with E-state index >= 15 is 0 Å². The van der Waals surface area contributed by atoms with E-state index < -0.39 is 0 Å². The zero-order chi connectivity index (χ0) is 12.3. The van der Waals surface area contributed by atoms with Gasteiger partial charge in [0.25, 0.3) is 11.1 Å². The molecule has 17 heavy (non-hydrogen) atoms. The predicted molar refractivity (Wildman–Crippen MR) is 72.9 cm³/mol. The van der Waals surface area contributed by atoms with Gasteiger partial charge in [0.1, 0.15) is 0 Å². The molecule has 1 aromatic rings. The molecule has 0 spiro atoms. The molecule has 1 heterocycles. The first kappa shape index (κ1) is 12.4. The van der Waals surface area contributed by atoms with E-state index in [4.69, 9.17) is 0 Å². The summed E-state index contributed by atoms with van der Waals surface area (Å²) in [4.78, 5) is 25.2. The van der Waals surface area contributed by atoms with Crippen LogP contribution in [-0.4, -0.2) is 27.9 Å². The highest BCUT2D eigenvalue weighted by molar-refractivity contribution is 9.09. The summed E-state index contributed by atoms with van der Waals surface area (Å²) in [6, 6.07) is 9.51. The second-order valence-corrected chi connectivity index (χ2v) is 5.22. The summed E-state index contributed by atoms with van der Waals surface area (Å²) < 4.78 is 0. The van der Waals surface area contributed by atoms with Crippen molar-refractivity contribution >= 4 is 44.9 Å². The first-order chi connectivity index (χ1) is 8.22. The molecular formula is C12H10BrNO2S. The summed E-state index contributed by atoms with van der Waals surface area (Å²) in [5, 5.41) is 0.403. The van der Waals surface area contributed by atoms with E-state index in [1.165, 1.54) is 4.90 Å². The van der Waals surface area contributed by atoms with Gasteiger partial charge in [-0.1, -0.05) is 46.3 Å². The molecule has 1 aliphatic rings. The quantitative estimate of drug-likeness (QED) is 0.636. The Morgan fingerprint density at radius 2 is 1.94 bits per heavy atom. The van der Waals surface area contributed by atoms with Gasteiger partial charge in [0.15, 0.2) is 0 Å². The summed E-state index contributed by atoms with van der Waals surface area (Å²) in [5.41, 5.74) is 0.928. The largest absolute Gasteiger partial charge is 0.293 e. The van der Waals surface area contributed by atoms with Crippen molar-refractivity contribution in [1.82, 2.24) is 4.90 Å². The Labute approximate surface area is 112 Å². The molecular weight excluding hydrogens is 302 g/mol. The normalized spacial score (nSPS) is 18.2. The number of hydrogen-bond acceptors (Lipinski definition) is 3. The van der Waals surface area contributed by atoms with Crippen LogP contribution in [0.3, 0.4) is 0 Å². The number of amides is 2. The molecule has 0 radical (unpaired) electrons. The SMILES string of the molecule is O=C1S/C(=C/c2ccccc2)C(=O)N1CCBr. The van der Waals surface area contributed by atoms with E-state index in [0.29, 0.717) is 16.8 Å². The zero-order valence-electron chi connectivity index (χ0n) is 8.93. The van der Waals surface area contributed by atoms with Crippen LogP contribution in [0, 0.1) is 0 Å². The lowest BCUT2D eigenvalue weighted by atomic mass is 10.2. The van der Waals surface area contributed by atoms with Crippen molar-refractivity contribution in [2.24, 2.45) is 0 Å². The Kier molecular flexibility index (Phi) is 4.02. The van der Waals surface area contributed by atoms with Gasteiger partial charge in [-0.15, -0.1) is 0 Å². The van der Waals surface area contributed by atoms with Crippen molar-refractivity contribution in [2.45, 2.75) is 0 Å². The second-order valence-electron chi connectivity index (χ2n) is 3.43. The molecule has 3 nitrogen and oxygen atoms in total. The fourth-order valence-electron chi connectivity index (χ4n) is 1.48. The van der Waals surface area contributed by atoms with Crippen LogP contribution in [0.4, 0.5) is 4.79 Å². The first-order valence-corrected chi connectivity index (χ1v) is 7.02. The fourth-order valence-corrected chi connectivity index (χ4v) is 2.70. The van der Waals surface area contributed by atoms with Gasteiger partial charge in [0.05, 0.1) is 4.91 Å². The summed E-state index contributed by atoms with van der Waals surface area (Å²) in [6.07, 6.45) is 1.75. The van der Waals surface area contributed by atoms with E-state index in [0.717, 1.165) is 17.3 Å². The molecule has 5 heteroatoms. The van der Waals surface area contributed by atoms with Gasteiger partial charge in [-0.3, -0.25) is 14.5 Å². The van der Waals surface area contributed by atoms with Crippen LogP contribution < -0.4 is 0 Å². The van der Waals surface area contributed by atoms with Gasteiger partial charge < -0.3 is 0 Å². The maximum Gasteiger partial charge on any atom is 0.293 e. The highest BCUT2D eigenvalue weighted by Crippen LogP contribution is 2.31. The molecule has 1 fully saturated rings. The summed E-state index contributed by atoms with van der Waals surface area (Å²) in [7, 11) is 0. The lowest BCUT2D eigenvalue weighted by molar-refractivity contribution is -0.122. The Hall–Kier alpha value is -1.07. The minimum atomic E-state index is -0.205. The minimum absolute atomic E-state index is 0.198. The standard InChI is InChI=1S/C12H10BrNO2S/c13-6-7-14-11(15)10(17-12(14)16)8-9-4-2-1-3-5-9/h1-5,8H,6-7H2/b10-8+. The van der Waals surface area contributed by atoms with Gasteiger partial charge in [0, 0.05) is 11.9 Å². The molecule has 0 atom stereocenters. The maximum absolute atomic E-state index is 11.9. The van der Waals surface area contributed by atoms with Crippen molar-refractivity contribution in [1.29, 1.82) is 0 Å². The number of benzene rings is 1. The number of carbonyl (C=O) groups is 2. The molecule has 88 valence electrons. The van der Waals surface area contributed by atoms with Crippen LogP contribution in [0.25, 0.3) is 6.08 Å². The van der Waals surface area contributed by atoms with Crippen LogP contribution in [0.15, 0.2) is 35.2 Å². The number of halogens is 1. The van der Waals surface area contributed by atoms with Crippen molar-refractivity contribution in [3.8, 4) is 0 Å². The highest BCUT2D eigenvalue weighted by atomic mass is 79.9. The average Bonchev–Trinajstić information content (AvgIpc) is 2.59. The Morgan fingerprint density at radius 3 is 2.59 bits per heavy atom. The topological polar surface area (TPSA) is 37.4 Å². The molecule has 0 aromatic heterocycles. The van der Waals surface area contributed by atoms with Crippen LogP contribution in [0.1, 0.15) is 5.56 Å². The minimum Gasteiger partial charge on any atom is -0.268 e. The van der Waals surface area contributed by atoms with Crippen LogP contribution in [0.2, 0.25) is 0 Å². The van der Waals surface area contributed by atoms with E-state index in [1.807, 2.05) is 30.3 Å². The molecule has 0 unspecified atom stereocenters. The molecule has 0 bridgehead atoms. The van der Waals surface area contributed by atoms with Crippen LogP contribution in [0.5, 0.6) is 0 Å². The molecule has 1 aliphatic heterocycles. The van der Waals surface area contributed by atoms with Crippen LogP contribution >= 0.6 is 27.7 Å². The summed E-state index contributed by atoms with van der Waals surface area (Å²) in [5.74, 6) is -0.205. The van der Waals surface area contributed by atoms with Gasteiger partial charge >= 0.3 is 0 Å². The van der Waals surface area contributed by atoms with E-state index in [1.54, 1.807) is 6.08 Å². The van der Waals surface area contributed by atoms with Crippen molar-refractivity contribution in [2.75, 3.05) is 11.9 Å². The number of imide groups is 1. The summed E-state index contributed by atoms with van der Waals surface area (Å²) in [6.45, 7) is 0.413. The van der Waals surface area contributed by atoms with Crippen molar-refractivity contribution in [3.63, 3.8) is 0 Å². The van der Waals surface area contributed by atoms with E-state index in [9.17, 15) is 9.59 Å². The molecule has 1 saturated heterocycles. The molecule has 0 aliphatic carbocycles. The third-order valence-corrected chi connectivity index (χ3v) is 3.54. The molecule has 2 rings (SSSR count). The molecule has 2 amide bonds. The summed E-state index contributed by atoms with van der Waals surface area (Å²) >= 11 is 4.22. The number of carbonyl (C=O) groups excluding carboxylic acids is 2. The lowest BCUT2D eigenvalue weighted by Crippen LogP contribution is -2.29. The first-order valence-electron chi connectivity index (χ1n) is 5.09. The number of alkyl halides is 1. The Balaban J connectivity index is 2.22. The zero-order valence-corrected chi connectivity index (χ0v) is 11.3. The highest BCUT2D eigenvalue weighted by Gasteiger charge is 2.34. The van der Waals surface area contributed by atoms with Gasteiger partial charge in [-0.05, 0) is 23.4 Å². The number of thioether (sulfide) groups is 1. The Bertz CT molecular complexity index is 473. The predicted octanol–water partition coefficient (Wildman–Crippen LogP) is 3.12. The van der Waals surface area contributed by atoms with Gasteiger partial charge in [-0.25, -0.2) is 0 Å². The fraction of sp³-hybridized carbons (Fsp3) is 0.167. The van der Waals surface area contributed by atoms with E-state index in [2.05, 4.69) is 15.9 Å². The van der Waals surface area contributed by atoms with Gasteiger partial charge in [0.2, 0.25) is 0 Å². The average molecular weight is 312 g/mol. The van der Waals surface area contributed by atoms with Crippen molar-refractivity contribution < 1.29 is 9.59 Å². The molecule has 0 N–H and O–H groups in total. The van der Waals surface area contributed by atoms with E-state index in [-0.39, 0.29) is 11.1 Å². The second kappa shape index (κ2) is 5.51. The van der Waals surface area contributed by atoms with Crippen molar-refractivity contribution in [3.05, 3.63) is 40.8 Å². The van der Waals surface area contributed by atoms with Gasteiger partial charge in [-0.2, -0.15) is 0 Å². The smallest absolute Gasteiger partial charge is 0.268 e.